The number of carbonyl (C=O) groups is 2. The minimum atomic E-state index is -0.674. The van der Waals surface area contributed by atoms with Crippen molar-refractivity contribution in [2.45, 2.75) is 25.6 Å². The fraction of sp³-hybridized carbons (Fsp3) is 0.333. The second-order valence-corrected chi connectivity index (χ2v) is 9.71. The summed E-state index contributed by atoms with van der Waals surface area (Å²) in [6, 6.07) is 17.7. The van der Waals surface area contributed by atoms with Crippen molar-refractivity contribution in [3.05, 3.63) is 82.3 Å². The zero-order chi connectivity index (χ0) is 25.5. The Balaban J connectivity index is 1.36. The van der Waals surface area contributed by atoms with Crippen LogP contribution in [0.1, 0.15) is 23.4 Å². The number of amides is 2. The topological polar surface area (TPSA) is 73.9 Å². The van der Waals surface area contributed by atoms with E-state index in [1.807, 2.05) is 47.5 Å². The van der Waals surface area contributed by atoms with Gasteiger partial charge in [-0.3, -0.25) is 14.5 Å². The van der Waals surface area contributed by atoms with Crippen molar-refractivity contribution >= 4 is 28.8 Å². The number of hydrogen-bond acceptors (Lipinski definition) is 6. The smallest absolute Gasteiger partial charge is 0.309 e. The normalized spacial score (nSPS) is 15.7. The van der Waals surface area contributed by atoms with Crippen molar-refractivity contribution < 1.29 is 18.7 Å². The molecule has 1 fully saturated rings. The van der Waals surface area contributed by atoms with Gasteiger partial charge >= 0.3 is 11.8 Å². The summed E-state index contributed by atoms with van der Waals surface area (Å²) in [6.45, 7) is 4.93. The van der Waals surface area contributed by atoms with Crippen molar-refractivity contribution in [1.82, 2.24) is 15.5 Å². The largest absolute Gasteiger partial charge is 0.497 e. The van der Waals surface area contributed by atoms with Crippen molar-refractivity contribution in [3.63, 3.8) is 0 Å². The maximum atomic E-state index is 14.3. The van der Waals surface area contributed by atoms with Gasteiger partial charge in [0.2, 0.25) is 0 Å². The van der Waals surface area contributed by atoms with E-state index in [4.69, 9.17) is 4.74 Å². The molecule has 0 unspecified atom stereocenters. The lowest BCUT2D eigenvalue weighted by molar-refractivity contribution is -0.140. The van der Waals surface area contributed by atoms with Gasteiger partial charge in [0, 0.05) is 43.6 Å². The van der Waals surface area contributed by atoms with Crippen LogP contribution in [0.25, 0.3) is 0 Å². The van der Waals surface area contributed by atoms with Gasteiger partial charge in [0.1, 0.15) is 11.6 Å². The van der Waals surface area contributed by atoms with Crippen LogP contribution in [0.5, 0.6) is 5.75 Å². The fourth-order valence-electron chi connectivity index (χ4n) is 4.51. The van der Waals surface area contributed by atoms with Crippen molar-refractivity contribution in [1.29, 1.82) is 0 Å². The first-order chi connectivity index (χ1) is 17.5. The summed E-state index contributed by atoms with van der Waals surface area (Å²) in [7, 11) is 1.59. The molecule has 190 valence electrons. The molecule has 2 N–H and O–H groups in total. The highest BCUT2D eigenvalue weighted by Crippen LogP contribution is 2.30. The van der Waals surface area contributed by atoms with Crippen LogP contribution in [0.2, 0.25) is 0 Å². The van der Waals surface area contributed by atoms with Gasteiger partial charge in [-0.15, -0.1) is 11.3 Å². The van der Waals surface area contributed by atoms with E-state index in [-0.39, 0.29) is 24.4 Å². The van der Waals surface area contributed by atoms with Crippen LogP contribution in [0, 0.1) is 5.82 Å². The maximum Gasteiger partial charge on any atom is 0.309 e. The van der Waals surface area contributed by atoms with E-state index < -0.39 is 11.8 Å². The first-order valence-corrected chi connectivity index (χ1v) is 12.8. The Morgan fingerprint density at radius 3 is 2.36 bits per heavy atom. The third-order valence-electron chi connectivity index (χ3n) is 6.39. The quantitative estimate of drug-likeness (QED) is 0.453. The van der Waals surface area contributed by atoms with Gasteiger partial charge in [0.15, 0.2) is 0 Å². The number of ether oxygens (including phenoxy) is 1. The van der Waals surface area contributed by atoms with Crippen LogP contribution >= 0.6 is 11.3 Å². The molecule has 36 heavy (non-hydrogen) atoms. The molecule has 2 heterocycles. The highest BCUT2D eigenvalue weighted by atomic mass is 32.1. The molecule has 1 aliphatic heterocycles. The molecule has 4 rings (SSSR count). The SMILES string of the molecule is COc1ccc(CNC(=O)C(=O)N[C@@H](C)[C@@H](c2cccs2)N2CCN(c3ccccc3F)CC2)cc1. The van der Waals surface area contributed by atoms with Crippen LogP contribution in [0.3, 0.4) is 0 Å². The first kappa shape index (κ1) is 25.7. The lowest BCUT2D eigenvalue weighted by atomic mass is 10.0. The van der Waals surface area contributed by atoms with Gasteiger partial charge in [-0.1, -0.05) is 30.3 Å². The molecule has 1 aliphatic rings. The number of methoxy groups -OCH3 is 1. The summed E-state index contributed by atoms with van der Waals surface area (Å²) in [4.78, 5) is 30.6. The molecule has 0 saturated carbocycles. The number of benzene rings is 2. The average molecular weight is 511 g/mol. The van der Waals surface area contributed by atoms with E-state index in [1.54, 1.807) is 42.7 Å². The van der Waals surface area contributed by atoms with Gasteiger partial charge in [0.25, 0.3) is 0 Å². The van der Waals surface area contributed by atoms with Gasteiger partial charge in [-0.25, -0.2) is 4.39 Å². The monoisotopic (exact) mass is 510 g/mol. The van der Waals surface area contributed by atoms with E-state index in [0.717, 1.165) is 16.2 Å². The predicted molar refractivity (Wildman–Crippen MR) is 140 cm³/mol. The maximum absolute atomic E-state index is 14.3. The van der Waals surface area contributed by atoms with Crippen LogP contribution in [-0.2, 0) is 16.1 Å². The Hall–Kier alpha value is -3.43. The number of anilines is 1. The van der Waals surface area contributed by atoms with Crippen LogP contribution in [0.15, 0.2) is 66.0 Å². The molecular formula is C27H31FN4O3S. The van der Waals surface area contributed by atoms with E-state index >= 15 is 0 Å². The standard InChI is InChI=1S/C27H31FN4O3S/c1-19(30-27(34)26(33)29-18-20-9-11-21(35-2)12-10-20)25(24-8-5-17-36-24)32-15-13-31(14-16-32)23-7-4-3-6-22(23)28/h3-12,17,19,25H,13-16,18H2,1-2H3,(H,29,33)(H,30,34)/t19-,25-/m0/s1. The number of thiophene rings is 1. The Kier molecular flexibility index (Phi) is 8.56. The molecule has 0 bridgehead atoms. The summed E-state index contributed by atoms with van der Waals surface area (Å²) in [5.74, 6) is -0.831. The highest BCUT2D eigenvalue weighted by Gasteiger charge is 2.32. The highest BCUT2D eigenvalue weighted by molar-refractivity contribution is 7.10. The molecule has 0 radical (unpaired) electrons. The minimum Gasteiger partial charge on any atom is -0.497 e. The molecule has 3 aromatic rings. The third kappa shape index (κ3) is 6.22. The number of carbonyl (C=O) groups excluding carboxylic acids is 2. The molecule has 2 amide bonds. The van der Waals surface area contributed by atoms with Gasteiger partial charge in [-0.05, 0) is 48.2 Å². The number of piperazine rings is 1. The van der Waals surface area contributed by atoms with Crippen LogP contribution in [-0.4, -0.2) is 56.0 Å². The fourth-order valence-corrected chi connectivity index (χ4v) is 5.47. The van der Waals surface area contributed by atoms with Crippen molar-refractivity contribution in [3.8, 4) is 5.75 Å². The van der Waals surface area contributed by atoms with Gasteiger partial charge < -0.3 is 20.3 Å². The molecule has 0 spiro atoms. The first-order valence-electron chi connectivity index (χ1n) is 11.9. The lowest BCUT2D eigenvalue weighted by Crippen LogP contribution is -2.53. The number of hydrogen-bond donors (Lipinski definition) is 2. The second-order valence-electron chi connectivity index (χ2n) is 8.73. The van der Waals surface area contributed by atoms with Gasteiger partial charge in [0.05, 0.1) is 18.8 Å². The Morgan fingerprint density at radius 2 is 1.72 bits per heavy atom. The number of nitrogens with zero attached hydrogens (tertiary/aromatic N) is 2. The lowest BCUT2D eigenvalue weighted by Gasteiger charge is -2.42. The number of para-hydroxylation sites is 1. The summed E-state index contributed by atoms with van der Waals surface area (Å²) in [5.41, 5.74) is 1.48. The third-order valence-corrected chi connectivity index (χ3v) is 7.33. The molecule has 2 atom stereocenters. The van der Waals surface area contributed by atoms with E-state index in [9.17, 15) is 14.0 Å². The molecule has 2 aromatic carbocycles. The minimum absolute atomic E-state index is 0.0916. The summed E-state index contributed by atoms with van der Waals surface area (Å²) in [6.07, 6.45) is 0. The molecule has 7 nitrogen and oxygen atoms in total. The predicted octanol–water partition coefficient (Wildman–Crippen LogP) is 3.58. The zero-order valence-corrected chi connectivity index (χ0v) is 21.3. The zero-order valence-electron chi connectivity index (χ0n) is 20.4. The number of nitrogens with one attached hydrogen (secondary N) is 2. The average Bonchev–Trinajstić information content (AvgIpc) is 3.43. The van der Waals surface area contributed by atoms with Crippen LogP contribution in [0.4, 0.5) is 10.1 Å². The number of halogens is 1. The van der Waals surface area contributed by atoms with E-state index in [2.05, 4.69) is 15.5 Å². The summed E-state index contributed by atoms with van der Waals surface area (Å²) < 4.78 is 19.4. The number of rotatable bonds is 8. The molecule has 9 heteroatoms. The summed E-state index contributed by atoms with van der Waals surface area (Å²) in [5, 5.41) is 7.58. The molecule has 0 aliphatic carbocycles. The molecular weight excluding hydrogens is 479 g/mol. The molecule has 1 saturated heterocycles. The Bertz CT molecular complexity index is 1150. The Labute approximate surface area is 214 Å². The Morgan fingerprint density at radius 1 is 1.00 bits per heavy atom. The summed E-state index contributed by atoms with van der Waals surface area (Å²) >= 11 is 1.62. The molecule has 1 aromatic heterocycles. The van der Waals surface area contributed by atoms with E-state index in [1.165, 1.54) is 6.07 Å². The second kappa shape index (κ2) is 12.0. The van der Waals surface area contributed by atoms with Gasteiger partial charge in [-0.2, -0.15) is 0 Å². The van der Waals surface area contributed by atoms with Crippen molar-refractivity contribution in [2.75, 3.05) is 38.2 Å². The van der Waals surface area contributed by atoms with Crippen LogP contribution < -0.4 is 20.3 Å². The van der Waals surface area contributed by atoms with Crippen molar-refractivity contribution in [2.24, 2.45) is 0 Å². The van der Waals surface area contributed by atoms with E-state index in [0.29, 0.717) is 31.9 Å².